The molecule has 0 aromatic rings. The number of hydrogen-bond donors (Lipinski definition) is 2. The summed E-state index contributed by atoms with van der Waals surface area (Å²) < 4.78 is 0. The summed E-state index contributed by atoms with van der Waals surface area (Å²) in [6.45, 7) is 4.26. The Balaban J connectivity index is 2.13. The maximum Gasteiger partial charge on any atom is 0.0142 e. The molecule has 2 N–H and O–H groups in total. The van der Waals surface area contributed by atoms with Crippen LogP contribution in [0.1, 0.15) is 26.2 Å². The van der Waals surface area contributed by atoms with Crippen molar-refractivity contribution in [2.24, 2.45) is 0 Å². The zero-order valence-electron chi connectivity index (χ0n) is 10.5. The van der Waals surface area contributed by atoms with Crippen LogP contribution in [0.25, 0.3) is 0 Å². The third-order valence-corrected chi connectivity index (χ3v) is 2.80. The van der Waals surface area contributed by atoms with Crippen molar-refractivity contribution < 1.29 is 0 Å². The average Bonchev–Trinajstić information content (AvgIpc) is 2.73. The third-order valence-electron chi connectivity index (χ3n) is 2.80. The standard InChI is InChI=1S/C14H24N2/c1-3-4-5-7-13-8-9-14(12-13)16-11-6-10-15-2/h3-5,7-8,14-16H,6,9-12H2,1-2H3/b4-3-,7-5-. The highest BCUT2D eigenvalue weighted by Crippen LogP contribution is 2.19. The summed E-state index contributed by atoms with van der Waals surface area (Å²) in [4.78, 5) is 0. The third kappa shape index (κ3) is 5.29. The first-order valence-corrected chi connectivity index (χ1v) is 6.23. The van der Waals surface area contributed by atoms with Crippen LogP contribution in [-0.2, 0) is 0 Å². The van der Waals surface area contributed by atoms with Crippen molar-refractivity contribution in [2.75, 3.05) is 20.1 Å². The minimum absolute atomic E-state index is 0.655. The topological polar surface area (TPSA) is 24.1 Å². The lowest BCUT2D eigenvalue weighted by atomic mass is 10.1. The molecular weight excluding hydrogens is 196 g/mol. The van der Waals surface area contributed by atoms with Crippen LogP contribution >= 0.6 is 0 Å². The van der Waals surface area contributed by atoms with Gasteiger partial charge in [-0.3, -0.25) is 0 Å². The van der Waals surface area contributed by atoms with E-state index in [1.54, 1.807) is 0 Å². The van der Waals surface area contributed by atoms with Crippen molar-refractivity contribution >= 4 is 0 Å². The maximum atomic E-state index is 3.59. The van der Waals surface area contributed by atoms with E-state index in [-0.39, 0.29) is 0 Å². The van der Waals surface area contributed by atoms with Crippen molar-refractivity contribution in [2.45, 2.75) is 32.2 Å². The van der Waals surface area contributed by atoms with Gasteiger partial charge in [-0.15, -0.1) is 0 Å². The Labute approximate surface area is 99.5 Å². The van der Waals surface area contributed by atoms with Crippen molar-refractivity contribution in [3.8, 4) is 0 Å². The molecule has 0 fully saturated rings. The van der Waals surface area contributed by atoms with Gasteiger partial charge >= 0.3 is 0 Å². The van der Waals surface area contributed by atoms with E-state index in [2.05, 4.69) is 41.0 Å². The highest BCUT2D eigenvalue weighted by molar-refractivity contribution is 5.26. The molecule has 0 amide bonds. The van der Waals surface area contributed by atoms with Crippen LogP contribution in [0, 0.1) is 0 Å². The van der Waals surface area contributed by atoms with Crippen molar-refractivity contribution in [3.63, 3.8) is 0 Å². The van der Waals surface area contributed by atoms with E-state index < -0.39 is 0 Å². The molecule has 0 aliphatic heterocycles. The normalized spacial score (nSPS) is 21.1. The summed E-state index contributed by atoms with van der Waals surface area (Å²) in [5, 5.41) is 6.76. The monoisotopic (exact) mass is 220 g/mol. The quantitative estimate of drug-likeness (QED) is 0.508. The largest absolute Gasteiger partial charge is 0.320 e. The molecule has 0 aromatic heterocycles. The van der Waals surface area contributed by atoms with E-state index in [1.807, 2.05) is 14.0 Å². The molecule has 0 radical (unpaired) electrons. The lowest BCUT2D eigenvalue weighted by Crippen LogP contribution is -2.29. The van der Waals surface area contributed by atoms with Crippen molar-refractivity contribution in [3.05, 3.63) is 36.0 Å². The summed E-state index contributed by atoms with van der Waals surface area (Å²) in [6.07, 6.45) is 14.4. The molecule has 2 nitrogen and oxygen atoms in total. The number of allylic oxidation sites excluding steroid dienone is 4. The summed E-state index contributed by atoms with van der Waals surface area (Å²) in [7, 11) is 2.00. The Kier molecular flexibility index (Phi) is 6.86. The van der Waals surface area contributed by atoms with Gasteiger partial charge in [0.05, 0.1) is 0 Å². The van der Waals surface area contributed by atoms with Crippen molar-refractivity contribution in [1.29, 1.82) is 0 Å². The first-order chi connectivity index (χ1) is 7.86. The van der Waals surface area contributed by atoms with Crippen LogP contribution < -0.4 is 10.6 Å². The molecule has 1 aliphatic rings. The number of nitrogens with one attached hydrogen (secondary N) is 2. The Morgan fingerprint density at radius 1 is 1.38 bits per heavy atom. The van der Waals surface area contributed by atoms with Crippen LogP contribution in [0.2, 0.25) is 0 Å². The molecule has 90 valence electrons. The van der Waals surface area contributed by atoms with Crippen LogP contribution in [0.3, 0.4) is 0 Å². The molecule has 0 heterocycles. The van der Waals surface area contributed by atoms with Gasteiger partial charge < -0.3 is 10.6 Å². The predicted octanol–water partition coefficient (Wildman–Crippen LogP) is 2.41. The second-order valence-corrected chi connectivity index (χ2v) is 4.21. The summed E-state index contributed by atoms with van der Waals surface area (Å²) in [5.74, 6) is 0. The summed E-state index contributed by atoms with van der Waals surface area (Å²) in [6, 6.07) is 0.655. The molecule has 0 saturated heterocycles. The number of rotatable bonds is 7. The van der Waals surface area contributed by atoms with Gasteiger partial charge in [-0.25, -0.2) is 0 Å². The molecule has 0 bridgehead atoms. The number of hydrogen-bond acceptors (Lipinski definition) is 2. The molecule has 0 spiro atoms. The van der Waals surface area contributed by atoms with Gasteiger partial charge in [-0.2, -0.15) is 0 Å². The van der Waals surface area contributed by atoms with Crippen molar-refractivity contribution in [1.82, 2.24) is 10.6 Å². The molecule has 0 aromatic carbocycles. The molecule has 1 rings (SSSR count). The molecule has 1 atom stereocenters. The van der Waals surface area contributed by atoms with Crippen LogP contribution in [0.5, 0.6) is 0 Å². The van der Waals surface area contributed by atoms with Crippen LogP contribution in [0.15, 0.2) is 36.0 Å². The Hall–Kier alpha value is -0.860. The fourth-order valence-electron chi connectivity index (χ4n) is 1.90. The van der Waals surface area contributed by atoms with Crippen LogP contribution in [0.4, 0.5) is 0 Å². The van der Waals surface area contributed by atoms with Gasteiger partial charge in [0.25, 0.3) is 0 Å². The molecular formula is C14H24N2. The van der Waals surface area contributed by atoms with Gasteiger partial charge in [0, 0.05) is 6.04 Å². The Morgan fingerprint density at radius 3 is 3.00 bits per heavy atom. The van der Waals surface area contributed by atoms with Gasteiger partial charge in [0.1, 0.15) is 0 Å². The highest BCUT2D eigenvalue weighted by Gasteiger charge is 2.13. The van der Waals surface area contributed by atoms with E-state index in [9.17, 15) is 0 Å². The molecule has 2 heteroatoms. The zero-order chi connectivity index (χ0) is 11.6. The molecule has 16 heavy (non-hydrogen) atoms. The minimum Gasteiger partial charge on any atom is -0.320 e. The smallest absolute Gasteiger partial charge is 0.0142 e. The molecule has 1 aliphatic carbocycles. The second kappa shape index (κ2) is 8.31. The zero-order valence-corrected chi connectivity index (χ0v) is 10.5. The van der Waals surface area contributed by atoms with E-state index in [1.165, 1.54) is 24.8 Å². The predicted molar refractivity (Wildman–Crippen MR) is 71.6 cm³/mol. The van der Waals surface area contributed by atoms with E-state index in [4.69, 9.17) is 0 Å². The van der Waals surface area contributed by atoms with Gasteiger partial charge in [0.15, 0.2) is 0 Å². The fraction of sp³-hybridized carbons (Fsp3) is 0.571. The lowest BCUT2D eigenvalue weighted by molar-refractivity contribution is 0.519. The van der Waals surface area contributed by atoms with Gasteiger partial charge in [0.2, 0.25) is 0 Å². The first-order valence-electron chi connectivity index (χ1n) is 6.23. The van der Waals surface area contributed by atoms with E-state index in [0.29, 0.717) is 6.04 Å². The molecule has 0 saturated carbocycles. The Morgan fingerprint density at radius 2 is 2.25 bits per heavy atom. The molecule has 1 unspecified atom stereocenters. The van der Waals surface area contributed by atoms with Gasteiger partial charge in [-0.05, 0) is 46.3 Å². The SMILES string of the molecule is C/C=C\C=C/C1=CCC(NCCCNC)C1. The summed E-state index contributed by atoms with van der Waals surface area (Å²) in [5.41, 5.74) is 1.46. The lowest BCUT2D eigenvalue weighted by Gasteiger charge is -2.11. The first kappa shape index (κ1) is 13.2. The summed E-state index contributed by atoms with van der Waals surface area (Å²) >= 11 is 0. The van der Waals surface area contributed by atoms with Gasteiger partial charge in [-0.1, -0.05) is 36.0 Å². The Bertz CT molecular complexity index is 264. The minimum atomic E-state index is 0.655. The maximum absolute atomic E-state index is 3.59. The fourth-order valence-corrected chi connectivity index (χ4v) is 1.90. The average molecular weight is 220 g/mol. The second-order valence-electron chi connectivity index (χ2n) is 4.21. The highest BCUT2D eigenvalue weighted by atomic mass is 14.9. The van der Waals surface area contributed by atoms with Crippen LogP contribution in [-0.4, -0.2) is 26.2 Å². The van der Waals surface area contributed by atoms with E-state index in [0.717, 1.165) is 13.1 Å². The van der Waals surface area contributed by atoms with E-state index >= 15 is 0 Å².